The predicted molar refractivity (Wildman–Crippen MR) is 106 cm³/mol. The molecule has 2 N–H and O–H groups in total. The van der Waals surface area contributed by atoms with E-state index in [4.69, 9.17) is 0 Å². The Morgan fingerprint density at radius 3 is 2.23 bits per heavy atom. The number of benzene rings is 2. The summed E-state index contributed by atoms with van der Waals surface area (Å²) in [5.41, 5.74) is 3.45. The van der Waals surface area contributed by atoms with Crippen molar-refractivity contribution in [2.45, 2.75) is 46.6 Å². The van der Waals surface area contributed by atoms with Crippen molar-refractivity contribution in [3.63, 3.8) is 0 Å². The molecule has 2 aromatic carbocycles. The third-order valence-corrected chi connectivity index (χ3v) is 4.35. The van der Waals surface area contributed by atoms with Gasteiger partial charge in [0.05, 0.1) is 0 Å². The molecule has 0 fully saturated rings. The van der Waals surface area contributed by atoms with Crippen LogP contribution in [0.5, 0.6) is 0 Å². The summed E-state index contributed by atoms with van der Waals surface area (Å²) in [5.74, 6) is -0.125. The van der Waals surface area contributed by atoms with Gasteiger partial charge in [-0.05, 0) is 55.0 Å². The topological polar surface area (TPSA) is 58.2 Å². The van der Waals surface area contributed by atoms with Gasteiger partial charge in [0.2, 0.25) is 5.91 Å². The van der Waals surface area contributed by atoms with Crippen LogP contribution in [0.2, 0.25) is 0 Å². The Bertz CT molecular complexity index is 751. The number of anilines is 1. The summed E-state index contributed by atoms with van der Waals surface area (Å²) in [6.07, 6.45) is 1.53. The molecule has 0 aliphatic carbocycles. The number of hydrogen-bond donors (Lipinski definition) is 2. The highest BCUT2D eigenvalue weighted by Crippen LogP contribution is 2.14. The van der Waals surface area contributed by atoms with Gasteiger partial charge in [0.15, 0.2) is 0 Å². The highest BCUT2D eigenvalue weighted by atomic mass is 16.2. The largest absolute Gasteiger partial charge is 0.340 e. The lowest BCUT2D eigenvalue weighted by atomic mass is 10.0. The number of rotatable bonds is 7. The zero-order chi connectivity index (χ0) is 19.1. The normalized spacial score (nSPS) is 11.9. The van der Waals surface area contributed by atoms with Crippen LogP contribution in [0.25, 0.3) is 0 Å². The fraction of sp³-hybridized carbons (Fsp3) is 0.364. The van der Waals surface area contributed by atoms with Crippen molar-refractivity contribution in [1.29, 1.82) is 0 Å². The molecule has 0 spiro atoms. The molecule has 0 radical (unpaired) electrons. The Morgan fingerprint density at radius 1 is 1.00 bits per heavy atom. The van der Waals surface area contributed by atoms with Crippen molar-refractivity contribution in [2.75, 3.05) is 5.32 Å². The SMILES string of the molecule is CCc1ccc(NC(=O)[C@@H](CC(C)C)NC(=O)c2ccccc2C)cc1. The van der Waals surface area contributed by atoms with Crippen LogP contribution in [0, 0.1) is 12.8 Å². The minimum Gasteiger partial charge on any atom is -0.340 e. The first-order valence-electron chi connectivity index (χ1n) is 9.17. The first-order valence-corrected chi connectivity index (χ1v) is 9.17. The molecule has 1 atom stereocenters. The maximum absolute atomic E-state index is 12.7. The first kappa shape index (κ1) is 19.7. The smallest absolute Gasteiger partial charge is 0.252 e. The fourth-order valence-electron chi connectivity index (χ4n) is 2.82. The summed E-state index contributed by atoms with van der Waals surface area (Å²) in [7, 11) is 0. The molecular formula is C22H28N2O2. The van der Waals surface area contributed by atoms with Gasteiger partial charge in [-0.15, -0.1) is 0 Å². The quantitative estimate of drug-likeness (QED) is 0.779. The molecule has 0 aromatic heterocycles. The van der Waals surface area contributed by atoms with Crippen molar-refractivity contribution < 1.29 is 9.59 Å². The number of carbonyl (C=O) groups is 2. The highest BCUT2D eigenvalue weighted by Gasteiger charge is 2.23. The van der Waals surface area contributed by atoms with E-state index in [1.54, 1.807) is 6.07 Å². The van der Waals surface area contributed by atoms with Gasteiger partial charge in [0.25, 0.3) is 5.91 Å². The van der Waals surface area contributed by atoms with Crippen molar-refractivity contribution in [3.8, 4) is 0 Å². The molecule has 4 nitrogen and oxygen atoms in total. The molecule has 2 aromatic rings. The lowest BCUT2D eigenvalue weighted by molar-refractivity contribution is -0.118. The molecule has 0 unspecified atom stereocenters. The van der Waals surface area contributed by atoms with Gasteiger partial charge in [-0.2, -0.15) is 0 Å². The Balaban J connectivity index is 2.11. The molecule has 4 heteroatoms. The zero-order valence-corrected chi connectivity index (χ0v) is 16.0. The summed E-state index contributed by atoms with van der Waals surface area (Å²) < 4.78 is 0. The van der Waals surface area contributed by atoms with Crippen molar-refractivity contribution >= 4 is 17.5 Å². The number of amides is 2. The van der Waals surface area contributed by atoms with Crippen LogP contribution in [-0.2, 0) is 11.2 Å². The van der Waals surface area contributed by atoms with Gasteiger partial charge in [-0.25, -0.2) is 0 Å². The monoisotopic (exact) mass is 352 g/mol. The van der Waals surface area contributed by atoms with Crippen LogP contribution >= 0.6 is 0 Å². The van der Waals surface area contributed by atoms with E-state index in [1.165, 1.54) is 5.56 Å². The summed E-state index contributed by atoms with van der Waals surface area (Å²) in [4.78, 5) is 25.3. The molecule has 0 bridgehead atoms. The van der Waals surface area contributed by atoms with E-state index in [0.717, 1.165) is 17.7 Å². The molecule has 138 valence electrons. The van der Waals surface area contributed by atoms with E-state index < -0.39 is 6.04 Å². The second-order valence-electron chi connectivity index (χ2n) is 7.01. The average molecular weight is 352 g/mol. The van der Waals surface area contributed by atoms with E-state index >= 15 is 0 Å². The van der Waals surface area contributed by atoms with Crippen molar-refractivity contribution in [1.82, 2.24) is 5.32 Å². The lowest BCUT2D eigenvalue weighted by Crippen LogP contribution is -2.44. The summed E-state index contributed by atoms with van der Waals surface area (Å²) >= 11 is 0. The standard InChI is InChI=1S/C22H28N2O2/c1-5-17-10-12-18(13-11-17)23-22(26)20(14-15(2)3)24-21(25)19-9-7-6-8-16(19)4/h6-13,15,20H,5,14H2,1-4H3,(H,23,26)(H,24,25)/t20-/m1/s1. The van der Waals surface area contributed by atoms with Crippen molar-refractivity contribution in [2.24, 2.45) is 5.92 Å². The highest BCUT2D eigenvalue weighted by molar-refractivity contribution is 6.01. The molecule has 26 heavy (non-hydrogen) atoms. The van der Waals surface area contributed by atoms with Gasteiger partial charge < -0.3 is 10.6 Å². The maximum atomic E-state index is 12.7. The molecule has 0 aliphatic rings. The van der Waals surface area contributed by atoms with Crippen LogP contribution < -0.4 is 10.6 Å². The van der Waals surface area contributed by atoms with Crippen LogP contribution in [0.15, 0.2) is 48.5 Å². The van der Waals surface area contributed by atoms with Crippen LogP contribution in [0.3, 0.4) is 0 Å². The lowest BCUT2D eigenvalue weighted by Gasteiger charge is -2.21. The predicted octanol–water partition coefficient (Wildman–Crippen LogP) is 4.34. The zero-order valence-electron chi connectivity index (χ0n) is 16.0. The van der Waals surface area contributed by atoms with Gasteiger partial charge in [0.1, 0.15) is 6.04 Å². The molecule has 0 aliphatic heterocycles. The summed E-state index contributed by atoms with van der Waals surface area (Å²) in [6, 6.07) is 14.6. The van der Waals surface area contributed by atoms with Gasteiger partial charge in [-0.1, -0.05) is 51.1 Å². The van der Waals surface area contributed by atoms with E-state index in [9.17, 15) is 9.59 Å². The Morgan fingerprint density at radius 2 is 1.65 bits per heavy atom. The van der Waals surface area contributed by atoms with Crippen LogP contribution in [-0.4, -0.2) is 17.9 Å². The van der Waals surface area contributed by atoms with E-state index in [2.05, 4.69) is 17.6 Å². The first-order chi connectivity index (χ1) is 12.4. The fourth-order valence-corrected chi connectivity index (χ4v) is 2.82. The minimum atomic E-state index is -0.576. The minimum absolute atomic E-state index is 0.190. The Labute approximate surface area is 156 Å². The molecule has 2 amide bonds. The average Bonchev–Trinajstić information content (AvgIpc) is 2.61. The van der Waals surface area contributed by atoms with E-state index in [-0.39, 0.29) is 17.7 Å². The number of nitrogens with one attached hydrogen (secondary N) is 2. The second kappa shape index (κ2) is 9.18. The summed E-state index contributed by atoms with van der Waals surface area (Å²) in [5, 5.41) is 5.81. The van der Waals surface area contributed by atoms with Gasteiger partial charge in [-0.3, -0.25) is 9.59 Å². The third kappa shape index (κ3) is 5.45. The molecule has 0 heterocycles. The number of aryl methyl sites for hydroxylation is 2. The van der Waals surface area contributed by atoms with Crippen LogP contribution in [0.4, 0.5) is 5.69 Å². The van der Waals surface area contributed by atoms with Gasteiger partial charge >= 0.3 is 0 Å². The van der Waals surface area contributed by atoms with Gasteiger partial charge in [0, 0.05) is 11.3 Å². The summed E-state index contributed by atoms with van der Waals surface area (Å²) in [6.45, 7) is 8.06. The molecule has 0 saturated carbocycles. The van der Waals surface area contributed by atoms with E-state index in [1.807, 2.05) is 63.2 Å². The maximum Gasteiger partial charge on any atom is 0.252 e. The van der Waals surface area contributed by atoms with Crippen molar-refractivity contribution in [3.05, 3.63) is 65.2 Å². The number of hydrogen-bond acceptors (Lipinski definition) is 2. The molecule has 0 saturated heterocycles. The van der Waals surface area contributed by atoms with E-state index in [0.29, 0.717) is 12.0 Å². The molecular weight excluding hydrogens is 324 g/mol. The number of carbonyl (C=O) groups excluding carboxylic acids is 2. The molecule has 2 rings (SSSR count). The third-order valence-electron chi connectivity index (χ3n) is 4.35. The Kier molecular flexibility index (Phi) is 6.96. The second-order valence-corrected chi connectivity index (χ2v) is 7.01. The van der Waals surface area contributed by atoms with Crippen LogP contribution in [0.1, 0.15) is 48.7 Å². The Hall–Kier alpha value is -2.62.